The standard InChI is InChI=1S/C8H13N3O2/c1-5(2)7(9)8(12)11-6-3-10-4-13-6/h3-5,7H,9H2,1-2H3,(H,11,12)/t7-/m0/s1. The molecule has 0 saturated heterocycles. The summed E-state index contributed by atoms with van der Waals surface area (Å²) in [5, 5.41) is 2.51. The minimum atomic E-state index is -0.523. The number of oxazole rings is 1. The summed E-state index contributed by atoms with van der Waals surface area (Å²) in [6, 6.07) is -0.523. The molecule has 1 amide bonds. The molecule has 1 aromatic heterocycles. The molecule has 0 aromatic carbocycles. The van der Waals surface area contributed by atoms with Gasteiger partial charge in [-0.3, -0.25) is 10.1 Å². The molecule has 0 aliphatic heterocycles. The lowest BCUT2D eigenvalue weighted by Crippen LogP contribution is -2.39. The third kappa shape index (κ3) is 2.55. The molecule has 72 valence electrons. The summed E-state index contributed by atoms with van der Waals surface area (Å²) in [5.74, 6) is 0.163. The summed E-state index contributed by atoms with van der Waals surface area (Å²) in [6.45, 7) is 3.76. The molecular weight excluding hydrogens is 170 g/mol. The average molecular weight is 183 g/mol. The van der Waals surface area contributed by atoms with Gasteiger partial charge in [0.05, 0.1) is 12.2 Å². The molecule has 0 spiro atoms. The highest BCUT2D eigenvalue weighted by molar-refractivity contribution is 5.93. The van der Waals surface area contributed by atoms with Gasteiger partial charge in [-0.2, -0.15) is 0 Å². The predicted octanol–water partition coefficient (Wildman–Crippen LogP) is 0.596. The second-order valence-electron chi connectivity index (χ2n) is 3.12. The van der Waals surface area contributed by atoms with Gasteiger partial charge in [0.1, 0.15) is 0 Å². The van der Waals surface area contributed by atoms with Crippen LogP contribution in [0.3, 0.4) is 0 Å². The van der Waals surface area contributed by atoms with Crippen molar-refractivity contribution < 1.29 is 9.21 Å². The maximum Gasteiger partial charge on any atom is 0.243 e. The largest absolute Gasteiger partial charge is 0.428 e. The monoisotopic (exact) mass is 183 g/mol. The zero-order valence-electron chi connectivity index (χ0n) is 7.65. The minimum Gasteiger partial charge on any atom is -0.428 e. The predicted molar refractivity (Wildman–Crippen MR) is 47.9 cm³/mol. The molecule has 1 aromatic rings. The molecule has 0 aliphatic carbocycles. The number of anilines is 1. The SMILES string of the molecule is CC(C)[C@H](N)C(=O)Nc1cnco1. The van der Waals surface area contributed by atoms with Crippen LogP contribution < -0.4 is 11.1 Å². The molecule has 0 radical (unpaired) electrons. The smallest absolute Gasteiger partial charge is 0.243 e. The quantitative estimate of drug-likeness (QED) is 0.718. The molecule has 5 heteroatoms. The fraction of sp³-hybridized carbons (Fsp3) is 0.500. The maximum atomic E-state index is 11.3. The first-order valence-corrected chi connectivity index (χ1v) is 4.06. The van der Waals surface area contributed by atoms with Gasteiger partial charge in [0, 0.05) is 0 Å². The van der Waals surface area contributed by atoms with Crippen molar-refractivity contribution in [3.63, 3.8) is 0 Å². The molecule has 1 rings (SSSR count). The number of carbonyl (C=O) groups excluding carboxylic acids is 1. The molecule has 3 N–H and O–H groups in total. The van der Waals surface area contributed by atoms with Crippen LogP contribution in [0.2, 0.25) is 0 Å². The van der Waals surface area contributed by atoms with Crippen LogP contribution in [0.15, 0.2) is 17.0 Å². The van der Waals surface area contributed by atoms with E-state index in [1.165, 1.54) is 12.6 Å². The van der Waals surface area contributed by atoms with Gasteiger partial charge in [0.15, 0.2) is 6.39 Å². The normalized spacial score (nSPS) is 12.9. The van der Waals surface area contributed by atoms with Crippen LogP contribution in [0.4, 0.5) is 5.88 Å². The van der Waals surface area contributed by atoms with Crippen LogP contribution in [-0.4, -0.2) is 16.9 Å². The molecule has 1 heterocycles. The van der Waals surface area contributed by atoms with Gasteiger partial charge in [-0.05, 0) is 5.92 Å². The molecule has 0 unspecified atom stereocenters. The van der Waals surface area contributed by atoms with Crippen molar-refractivity contribution >= 4 is 11.8 Å². The Morgan fingerprint density at radius 2 is 2.38 bits per heavy atom. The lowest BCUT2D eigenvalue weighted by Gasteiger charge is -2.13. The van der Waals surface area contributed by atoms with E-state index in [2.05, 4.69) is 10.3 Å². The number of amides is 1. The Kier molecular flexibility index (Phi) is 3.02. The zero-order valence-corrected chi connectivity index (χ0v) is 7.65. The van der Waals surface area contributed by atoms with E-state index in [1.54, 1.807) is 0 Å². The van der Waals surface area contributed by atoms with Crippen molar-refractivity contribution in [3.8, 4) is 0 Å². The Labute approximate surface area is 76.3 Å². The van der Waals surface area contributed by atoms with Crippen molar-refractivity contribution in [2.75, 3.05) is 5.32 Å². The number of hydrogen-bond donors (Lipinski definition) is 2. The third-order valence-corrected chi connectivity index (χ3v) is 1.70. The summed E-state index contributed by atoms with van der Waals surface area (Å²) in [4.78, 5) is 15.0. The second kappa shape index (κ2) is 4.04. The van der Waals surface area contributed by atoms with Gasteiger partial charge in [0.2, 0.25) is 11.8 Å². The number of rotatable bonds is 3. The van der Waals surface area contributed by atoms with E-state index in [4.69, 9.17) is 10.2 Å². The van der Waals surface area contributed by atoms with Crippen molar-refractivity contribution in [1.29, 1.82) is 0 Å². The van der Waals surface area contributed by atoms with Crippen molar-refractivity contribution in [1.82, 2.24) is 4.98 Å². The van der Waals surface area contributed by atoms with E-state index in [-0.39, 0.29) is 11.8 Å². The number of nitrogens with one attached hydrogen (secondary N) is 1. The van der Waals surface area contributed by atoms with Gasteiger partial charge in [-0.1, -0.05) is 13.8 Å². The van der Waals surface area contributed by atoms with E-state index in [0.717, 1.165) is 0 Å². The van der Waals surface area contributed by atoms with Crippen LogP contribution in [0, 0.1) is 5.92 Å². The summed E-state index contributed by atoms with van der Waals surface area (Å²) < 4.78 is 4.84. The third-order valence-electron chi connectivity index (χ3n) is 1.70. The van der Waals surface area contributed by atoms with Crippen LogP contribution >= 0.6 is 0 Å². The fourth-order valence-corrected chi connectivity index (χ4v) is 0.785. The molecule has 13 heavy (non-hydrogen) atoms. The minimum absolute atomic E-state index is 0.0999. The number of carbonyl (C=O) groups is 1. The molecule has 0 aliphatic rings. The van der Waals surface area contributed by atoms with Crippen LogP contribution in [0.1, 0.15) is 13.8 Å². The Balaban J connectivity index is 2.51. The van der Waals surface area contributed by atoms with Gasteiger partial charge < -0.3 is 10.2 Å². The van der Waals surface area contributed by atoms with Gasteiger partial charge >= 0.3 is 0 Å². The summed E-state index contributed by atoms with van der Waals surface area (Å²) in [7, 11) is 0. The fourth-order valence-electron chi connectivity index (χ4n) is 0.785. The van der Waals surface area contributed by atoms with E-state index >= 15 is 0 Å². The molecular formula is C8H13N3O2. The van der Waals surface area contributed by atoms with Crippen molar-refractivity contribution in [2.24, 2.45) is 11.7 Å². The van der Waals surface area contributed by atoms with Crippen molar-refractivity contribution in [3.05, 3.63) is 12.6 Å². The van der Waals surface area contributed by atoms with E-state index in [9.17, 15) is 4.79 Å². The van der Waals surface area contributed by atoms with Crippen LogP contribution in [-0.2, 0) is 4.79 Å². The first kappa shape index (κ1) is 9.73. The average Bonchev–Trinajstić information content (AvgIpc) is 2.55. The lowest BCUT2D eigenvalue weighted by atomic mass is 10.1. The van der Waals surface area contributed by atoms with E-state index in [0.29, 0.717) is 5.88 Å². The second-order valence-corrected chi connectivity index (χ2v) is 3.12. The van der Waals surface area contributed by atoms with E-state index in [1.807, 2.05) is 13.8 Å². The highest BCUT2D eigenvalue weighted by atomic mass is 16.4. The zero-order chi connectivity index (χ0) is 9.84. The van der Waals surface area contributed by atoms with Crippen molar-refractivity contribution in [2.45, 2.75) is 19.9 Å². The first-order valence-electron chi connectivity index (χ1n) is 4.06. The Morgan fingerprint density at radius 3 is 2.85 bits per heavy atom. The summed E-state index contributed by atoms with van der Waals surface area (Å²) in [5.41, 5.74) is 5.60. The Hall–Kier alpha value is -1.36. The number of nitrogens with two attached hydrogens (primary N) is 1. The molecule has 5 nitrogen and oxygen atoms in total. The molecule has 0 fully saturated rings. The molecule has 0 bridgehead atoms. The lowest BCUT2D eigenvalue weighted by molar-refractivity contribution is -0.118. The number of aromatic nitrogens is 1. The van der Waals surface area contributed by atoms with Gasteiger partial charge in [0.25, 0.3) is 0 Å². The van der Waals surface area contributed by atoms with Crippen LogP contribution in [0.5, 0.6) is 0 Å². The van der Waals surface area contributed by atoms with E-state index < -0.39 is 6.04 Å². The Morgan fingerprint density at radius 1 is 1.69 bits per heavy atom. The highest BCUT2D eigenvalue weighted by Gasteiger charge is 2.17. The molecule has 1 atom stereocenters. The highest BCUT2D eigenvalue weighted by Crippen LogP contribution is 2.06. The summed E-state index contributed by atoms with van der Waals surface area (Å²) in [6.07, 6.45) is 2.67. The van der Waals surface area contributed by atoms with Gasteiger partial charge in [-0.15, -0.1) is 0 Å². The molecule has 0 saturated carbocycles. The topological polar surface area (TPSA) is 81.2 Å². The first-order chi connectivity index (χ1) is 6.11. The maximum absolute atomic E-state index is 11.3. The number of nitrogens with zero attached hydrogens (tertiary/aromatic N) is 1. The summed E-state index contributed by atoms with van der Waals surface area (Å²) >= 11 is 0. The van der Waals surface area contributed by atoms with Crippen LogP contribution in [0.25, 0.3) is 0 Å². The Bertz CT molecular complexity index is 269. The number of hydrogen-bond acceptors (Lipinski definition) is 4. The van der Waals surface area contributed by atoms with Gasteiger partial charge in [-0.25, -0.2) is 4.98 Å².